The fourth-order valence-electron chi connectivity index (χ4n) is 9.73. The Hall–Kier alpha value is -9.04. The highest BCUT2D eigenvalue weighted by Gasteiger charge is 2.17. The summed E-state index contributed by atoms with van der Waals surface area (Å²) in [4.78, 5) is 1.87. The summed E-state index contributed by atoms with van der Waals surface area (Å²) in [6.45, 7) is 0. The van der Waals surface area contributed by atoms with Crippen LogP contribution in [0.2, 0.25) is 0 Å². The van der Waals surface area contributed by atoms with E-state index in [2.05, 4.69) is 182 Å². The van der Waals surface area contributed by atoms with Crippen LogP contribution in [0.15, 0.2) is 285 Å². The van der Waals surface area contributed by atoms with Crippen molar-refractivity contribution in [2.24, 2.45) is 0 Å². The van der Waals surface area contributed by atoms with Crippen molar-refractivity contribution in [2.75, 3.05) is 4.90 Å². The van der Waals surface area contributed by atoms with Gasteiger partial charge in [-0.15, -0.1) is 0 Å². The van der Waals surface area contributed by atoms with Crippen LogP contribution in [-0.2, 0) is 0 Å². The first kappa shape index (κ1) is 37.1. The van der Waals surface area contributed by atoms with E-state index in [1.807, 2.05) is 83.8 Å². The summed E-state index contributed by atoms with van der Waals surface area (Å²) in [5.74, 6) is 0. The van der Waals surface area contributed by atoms with Gasteiger partial charge in [0.1, 0.15) is 0 Å². The molecule has 0 saturated carbocycles. The number of anilines is 3. The monoisotopic (exact) mass is 881 g/mol. The molecule has 0 radical (unpaired) electrons. The van der Waals surface area contributed by atoms with Crippen LogP contribution in [-0.4, -0.2) is 0 Å². The largest absolute Gasteiger partial charge is 0.311 e. The first-order valence-electron chi connectivity index (χ1n) is 25.4. The summed E-state index contributed by atoms with van der Waals surface area (Å²) in [6.07, 6.45) is 0. The molecule has 0 aliphatic carbocycles. The van der Waals surface area contributed by atoms with Crippen LogP contribution in [0.5, 0.6) is 0 Å². The van der Waals surface area contributed by atoms with E-state index in [1.54, 1.807) is 0 Å². The molecule has 0 aliphatic rings. The molecule has 0 unspecified atom stereocenters. The molecule has 0 heterocycles. The SMILES string of the molecule is [2H]c1c([2H])c(N(c2ccc(-c3ccc(-c4ccccc4)c(-c4ccccc4)c3)cc2)c2ccc(-c3ccc4ccccc4c3-c3ccccc3)cc2)c([2H])c([2H])c1-c1ccc(-c2cccc3ccccc23)cc1. The van der Waals surface area contributed by atoms with E-state index in [1.165, 1.54) is 0 Å². The Kier molecular flexibility index (Phi) is 9.85. The Labute approximate surface area is 410 Å². The zero-order valence-electron chi connectivity index (χ0n) is 41.8. The number of rotatable bonds is 10. The van der Waals surface area contributed by atoms with Gasteiger partial charge in [-0.3, -0.25) is 0 Å². The van der Waals surface area contributed by atoms with Crippen molar-refractivity contribution in [3.63, 3.8) is 0 Å². The highest BCUT2D eigenvalue weighted by Crippen LogP contribution is 2.42. The number of hydrogen-bond donors (Lipinski definition) is 0. The second-order valence-electron chi connectivity index (χ2n) is 17.3. The molecule has 0 amide bonds. The highest BCUT2D eigenvalue weighted by atomic mass is 15.1. The van der Waals surface area contributed by atoms with Crippen molar-refractivity contribution >= 4 is 38.6 Å². The molecule has 69 heavy (non-hydrogen) atoms. The first-order valence-corrected chi connectivity index (χ1v) is 23.4. The molecule has 0 atom stereocenters. The zero-order chi connectivity index (χ0) is 49.4. The van der Waals surface area contributed by atoms with E-state index in [4.69, 9.17) is 0 Å². The van der Waals surface area contributed by atoms with Crippen molar-refractivity contribution in [1.82, 2.24) is 0 Å². The molecule has 0 aliphatic heterocycles. The average molecular weight is 882 g/mol. The Morgan fingerprint density at radius 1 is 0.232 bits per heavy atom. The lowest BCUT2D eigenvalue weighted by atomic mass is 9.90. The van der Waals surface area contributed by atoms with E-state index in [-0.39, 0.29) is 35.4 Å². The lowest BCUT2D eigenvalue weighted by Crippen LogP contribution is -2.09. The molecular formula is C68H47N. The van der Waals surface area contributed by atoms with E-state index in [0.717, 1.165) is 88.3 Å². The minimum absolute atomic E-state index is 0.109. The van der Waals surface area contributed by atoms with Gasteiger partial charge in [0.25, 0.3) is 0 Å². The second kappa shape index (κ2) is 18.3. The van der Waals surface area contributed by atoms with Crippen LogP contribution in [0.4, 0.5) is 17.1 Å². The molecule has 12 rings (SSSR count). The molecular weight excluding hydrogens is 831 g/mol. The second-order valence-corrected chi connectivity index (χ2v) is 17.3. The molecule has 1 nitrogen and oxygen atoms in total. The van der Waals surface area contributed by atoms with Crippen LogP contribution in [0.3, 0.4) is 0 Å². The van der Waals surface area contributed by atoms with E-state index in [9.17, 15) is 5.48 Å². The van der Waals surface area contributed by atoms with Gasteiger partial charge in [0.2, 0.25) is 0 Å². The van der Waals surface area contributed by atoms with Crippen LogP contribution >= 0.6 is 0 Å². The molecule has 12 aromatic carbocycles. The highest BCUT2D eigenvalue weighted by molar-refractivity contribution is 6.04. The van der Waals surface area contributed by atoms with Crippen molar-refractivity contribution in [2.45, 2.75) is 0 Å². The van der Waals surface area contributed by atoms with Crippen molar-refractivity contribution in [3.05, 3.63) is 285 Å². The van der Waals surface area contributed by atoms with Gasteiger partial charge in [0.15, 0.2) is 0 Å². The maximum atomic E-state index is 9.74. The Balaban J connectivity index is 0.974. The van der Waals surface area contributed by atoms with Crippen molar-refractivity contribution in [3.8, 4) is 77.9 Å². The minimum atomic E-state index is -0.132. The lowest BCUT2D eigenvalue weighted by Gasteiger charge is -2.26. The van der Waals surface area contributed by atoms with Gasteiger partial charge < -0.3 is 4.90 Å². The van der Waals surface area contributed by atoms with Gasteiger partial charge in [0.05, 0.1) is 5.48 Å². The summed E-state index contributed by atoms with van der Waals surface area (Å²) in [5.41, 5.74) is 15.5. The summed E-state index contributed by atoms with van der Waals surface area (Å²) in [7, 11) is 0. The van der Waals surface area contributed by atoms with Gasteiger partial charge in [-0.05, 0) is 142 Å². The Morgan fingerprint density at radius 3 is 1.32 bits per heavy atom. The van der Waals surface area contributed by atoms with E-state index >= 15 is 0 Å². The summed E-state index contributed by atoms with van der Waals surface area (Å²) < 4.78 is 38.6. The van der Waals surface area contributed by atoms with E-state index < -0.39 is 0 Å². The van der Waals surface area contributed by atoms with Crippen LogP contribution in [0.1, 0.15) is 5.48 Å². The number of nitrogens with zero attached hydrogens (tertiary/aromatic N) is 1. The first-order chi connectivity index (χ1) is 35.9. The average Bonchev–Trinajstić information content (AvgIpc) is 3.46. The maximum Gasteiger partial charge on any atom is 0.0645 e. The van der Waals surface area contributed by atoms with Gasteiger partial charge >= 0.3 is 0 Å². The number of hydrogen-bond acceptors (Lipinski definition) is 1. The summed E-state index contributed by atoms with van der Waals surface area (Å²) in [6, 6.07) is 89.1. The fourth-order valence-corrected chi connectivity index (χ4v) is 9.73. The van der Waals surface area contributed by atoms with Crippen LogP contribution in [0.25, 0.3) is 99.4 Å². The summed E-state index contributed by atoms with van der Waals surface area (Å²) >= 11 is 0. The molecule has 0 saturated heterocycles. The van der Waals surface area contributed by atoms with Crippen LogP contribution in [0, 0.1) is 0 Å². The van der Waals surface area contributed by atoms with Gasteiger partial charge in [-0.1, -0.05) is 243 Å². The molecule has 0 fully saturated rings. The molecule has 0 aromatic heterocycles. The predicted molar refractivity (Wildman–Crippen MR) is 294 cm³/mol. The minimum Gasteiger partial charge on any atom is -0.311 e. The zero-order valence-corrected chi connectivity index (χ0v) is 37.8. The molecule has 12 aromatic rings. The maximum absolute atomic E-state index is 9.74. The van der Waals surface area contributed by atoms with Crippen molar-refractivity contribution in [1.29, 1.82) is 0 Å². The van der Waals surface area contributed by atoms with Gasteiger partial charge in [-0.25, -0.2) is 0 Å². The molecule has 1 heteroatoms. The third-order valence-electron chi connectivity index (χ3n) is 13.2. The third kappa shape index (κ3) is 8.18. The van der Waals surface area contributed by atoms with E-state index in [0.29, 0.717) is 16.9 Å². The molecule has 0 bridgehead atoms. The van der Waals surface area contributed by atoms with Crippen molar-refractivity contribution < 1.29 is 5.48 Å². The summed E-state index contributed by atoms with van der Waals surface area (Å²) in [5, 5.41) is 4.61. The Morgan fingerprint density at radius 2 is 0.667 bits per heavy atom. The predicted octanol–water partition coefficient (Wildman–Crippen LogP) is 19.1. The molecule has 0 spiro atoms. The van der Waals surface area contributed by atoms with Gasteiger partial charge in [-0.2, -0.15) is 0 Å². The quantitative estimate of drug-likeness (QED) is 0.132. The topological polar surface area (TPSA) is 3.24 Å². The standard InChI is InChI=1S/C68H47N/c1-4-15-51(16-5-1)64-45-38-58(47-67(64)53-17-6-2-7-18-53)50-33-41-60(42-34-50)69(59-39-31-49(32-40-59)48-27-29-55(30-28-48)63-26-14-23-52-19-10-12-24-62(52)63)61-43-35-56(36-44-61)66-46-37-54-20-11-13-25-65(54)68(66)57-21-8-3-9-22-57/h1-47H/i31D,32D,39D,40D. The fraction of sp³-hybridized carbons (Fsp3) is 0. The number of benzene rings is 12. The lowest BCUT2D eigenvalue weighted by molar-refractivity contribution is 1.28. The third-order valence-corrected chi connectivity index (χ3v) is 13.2. The molecule has 0 N–H and O–H groups in total. The van der Waals surface area contributed by atoms with Gasteiger partial charge in [0, 0.05) is 17.1 Å². The smallest absolute Gasteiger partial charge is 0.0645 e. The number of fused-ring (bicyclic) bond motifs is 2. The molecule has 324 valence electrons. The normalized spacial score (nSPS) is 12.0. The Bertz CT molecular complexity index is 3930. The van der Waals surface area contributed by atoms with Crippen LogP contribution < -0.4 is 4.90 Å².